The number of esters is 1. The zero-order valence-corrected chi connectivity index (χ0v) is 23.2. The van der Waals surface area contributed by atoms with E-state index in [0.29, 0.717) is 22.8 Å². The summed E-state index contributed by atoms with van der Waals surface area (Å²) in [7, 11) is 4.52. The molecule has 0 unspecified atom stereocenters. The highest BCUT2D eigenvalue weighted by Gasteiger charge is 2.36. The second-order valence-electron chi connectivity index (χ2n) is 9.54. The first kappa shape index (κ1) is 30.7. The van der Waals surface area contributed by atoms with E-state index in [4.69, 9.17) is 23.7 Å². The van der Waals surface area contributed by atoms with Gasteiger partial charge in [-0.05, 0) is 45.7 Å². The Labute approximate surface area is 224 Å². The number of alkyl carbamates (subject to hydrolysis) is 1. The Bertz CT molecular complexity index is 1040. The Balaban J connectivity index is 2.36. The SMILES string of the molecule is CCOC(=O)[C@H](NCc1ccc(OC)c(OC)c1OC)[C@H](O)[C@H](Cc1ccccc1)NC(=O)OC(C)(C)C. The van der Waals surface area contributed by atoms with Crippen molar-refractivity contribution < 1.29 is 38.4 Å². The molecular weight excluding hydrogens is 492 g/mol. The van der Waals surface area contributed by atoms with Gasteiger partial charge in [0.25, 0.3) is 0 Å². The summed E-state index contributed by atoms with van der Waals surface area (Å²) in [6.07, 6.45) is -1.83. The van der Waals surface area contributed by atoms with Crippen LogP contribution in [0.15, 0.2) is 42.5 Å². The lowest BCUT2D eigenvalue weighted by atomic mass is 9.96. The molecule has 210 valence electrons. The minimum atomic E-state index is -1.37. The van der Waals surface area contributed by atoms with Gasteiger partial charge >= 0.3 is 12.1 Å². The molecule has 0 saturated carbocycles. The van der Waals surface area contributed by atoms with E-state index in [9.17, 15) is 14.7 Å². The summed E-state index contributed by atoms with van der Waals surface area (Å²) in [5.74, 6) is 0.642. The van der Waals surface area contributed by atoms with Crippen molar-refractivity contribution in [2.24, 2.45) is 0 Å². The van der Waals surface area contributed by atoms with Crippen LogP contribution < -0.4 is 24.8 Å². The van der Waals surface area contributed by atoms with Crippen molar-refractivity contribution in [3.63, 3.8) is 0 Å². The van der Waals surface area contributed by atoms with Crippen molar-refractivity contribution in [2.45, 2.75) is 64.4 Å². The lowest BCUT2D eigenvalue weighted by Crippen LogP contribution is -2.57. The first-order valence-electron chi connectivity index (χ1n) is 12.4. The van der Waals surface area contributed by atoms with Gasteiger partial charge in [0.1, 0.15) is 17.7 Å². The number of nitrogens with one attached hydrogen (secondary N) is 2. The number of aliphatic hydroxyl groups is 1. The van der Waals surface area contributed by atoms with E-state index in [1.807, 2.05) is 30.3 Å². The Morgan fingerprint density at radius 3 is 2.16 bits per heavy atom. The van der Waals surface area contributed by atoms with Gasteiger partial charge < -0.3 is 34.1 Å². The topological polar surface area (TPSA) is 125 Å². The van der Waals surface area contributed by atoms with Crippen LogP contribution in [-0.2, 0) is 27.2 Å². The van der Waals surface area contributed by atoms with Gasteiger partial charge in [0.05, 0.1) is 34.0 Å². The normalized spacial score (nSPS) is 13.6. The zero-order chi connectivity index (χ0) is 28.3. The molecule has 3 N–H and O–H groups in total. The van der Waals surface area contributed by atoms with E-state index in [0.717, 1.165) is 5.56 Å². The molecule has 3 atom stereocenters. The van der Waals surface area contributed by atoms with Crippen LogP contribution in [0.1, 0.15) is 38.8 Å². The highest BCUT2D eigenvalue weighted by atomic mass is 16.6. The predicted molar refractivity (Wildman–Crippen MR) is 143 cm³/mol. The number of aliphatic hydroxyl groups excluding tert-OH is 1. The smallest absolute Gasteiger partial charge is 0.407 e. The lowest BCUT2D eigenvalue weighted by molar-refractivity contribution is -0.149. The molecule has 0 bridgehead atoms. The molecule has 0 aliphatic heterocycles. The molecule has 10 heteroatoms. The summed E-state index contributed by atoms with van der Waals surface area (Å²) in [6.45, 7) is 7.15. The fraction of sp³-hybridized carbons (Fsp3) is 0.500. The summed E-state index contributed by atoms with van der Waals surface area (Å²) in [5.41, 5.74) is 0.776. The highest BCUT2D eigenvalue weighted by Crippen LogP contribution is 2.39. The van der Waals surface area contributed by atoms with Gasteiger partial charge in [-0.15, -0.1) is 0 Å². The average Bonchev–Trinajstić information content (AvgIpc) is 2.87. The van der Waals surface area contributed by atoms with E-state index in [2.05, 4.69) is 10.6 Å². The van der Waals surface area contributed by atoms with Crippen LogP contribution in [0.5, 0.6) is 17.2 Å². The van der Waals surface area contributed by atoms with E-state index in [1.165, 1.54) is 21.3 Å². The Hall–Kier alpha value is -3.50. The van der Waals surface area contributed by atoms with Crippen molar-refractivity contribution >= 4 is 12.1 Å². The quantitative estimate of drug-likeness (QED) is 0.334. The molecular formula is C28H40N2O8. The summed E-state index contributed by atoms with van der Waals surface area (Å²) >= 11 is 0. The lowest BCUT2D eigenvalue weighted by Gasteiger charge is -2.31. The molecule has 0 heterocycles. The van der Waals surface area contributed by atoms with Crippen molar-refractivity contribution in [1.29, 1.82) is 0 Å². The van der Waals surface area contributed by atoms with Crippen LogP contribution in [0.4, 0.5) is 4.79 Å². The molecule has 0 aliphatic carbocycles. The maximum atomic E-state index is 13.0. The first-order chi connectivity index (χ1) is 18.0. The average molecular weight is 533 g/mol. The van der Waals surface area contributed by atoms with Crippen LogP contribution >= 0.6 is 0 Å². The molecule has 0 aromatic heterocycles. The third kappa shape index (κ3) is 8.81. The number of ether oxygens (including phenoxy) is 5. The number of carbonyl (C=O) groups is 2. The number of carbonyl (C=O) groups excluding carboxylic acids is 2. The maximum absolute atomic E-state index is 13.0. The molecule has 0 radical (unpaired) electrons. The third-order valence-corrected chi connectivity index (χ3v) is 5.59. The Kier molecular flexibility index (Phi) is 11.7. The van der Waals surface area contributed by atoms with E-state index < -0.39 is 35.9 Å². The monoisotopic (exact) mass is 532 g/mol. The molecule has 2 aromatic carbocycles. The Morgan fingerprint density at radius 2 is 1.61 bits per heavy atom. The zero-order valence-electron chi connectivity index (χ0n) is 23.2. The fourth-order valence-corrected chi connectivity index (χ4v) is 3.91. The van der Waals surface area contributed by atoms with Crippen LogP contribution in [0.3, 0.4) is 0 Å². The van der Waals surface area contributed by atoms with E-state index >= 15 is 0 Å². The fourth-order valence-electron chi connectivity index (χ4n) is 3.91. The molecule has 0 saturated heterocycles. The number of rotatable bonds is 13. The number of methoxy groups -OCH3 is 3. The van der Waals surface area contributed by atoms with Crippen molar-refractivity contribution in [3.8, 4) is 17.2 Å². The molecule has 1 amide bonds. The van der Waals surface area contributed by atoms with Crippen LogP contribution in [0, 0.1) is 0 Å². The first-order valence-corrected chi connectivity index (χ1v) is 12.4. The molecule has 38 heavy (non-hydrogen) atoms. The minimum Gasteiger partial charge on any atom is -0.493 e. The van der Waals surface area contributed by atoms with E-state index in [1.54, 1.807) is 39.8 Å². The number of hydrogen-bond donors (Lipinski definition) is 3. The molecule has 0 aliphatic rings. The molecule has 0 spiro atoms. The summed E-state index contributed by atoms with van der Waals surface area (Å²) in [4.78, 5) is 25.6. The van der Waals surface area contributed by atoms with Gasteiger partial charge in [-0.1, -0.05) is 36.4 Å². The molecule has 0 fully saturated rings. The van der Waals surface area contributed by atoms with Crippen molar-refractivity contribution in [3.05, 3.63) is 53.6 Å². The predicted octanol–water partition coefficient (Wildman–Crippen LogP) is 3.23. The van der Waals surface area contributed by atoms with Crippen molar-refractivity contribution in [1.82, 2.24) is 10.6 Å². The highest BCUT2D eigenvalue weighted by molar-refractivity contribution is 5.77. The van der Waals surface area contributed by atoms with Gasteiger partial charge in [-0.2, -0.15) is 0 Å². The van der Waals surface area contributed by atoms with Crippen LogP contribution in [0.25, 0.3) is 0 Å². The molecule has 2 rings (SSSR count). The molecule has 10 nitrogen and oxygen atoms in total. The summed E-state index contributed by atoms with van der Waals surface area (Å²) in [6, 6.07) is 10.8. The summed E-state index contributed by atoms with van der Waals surface area (Å²) < 4.78 is 27.0. The largest absolute Gasteiger partial charge is 0.493 e. The van der Waals surface area contributed by atoms with Gasteiger partial charge in [0.15, 0.2) is 11.5 Å². The number of hydrogen-bond acceptors (Lipinski definition) is 9. The van der Waals surface area contributed by atoms with E-state index in [-0.39, 0.29) is 19.6 Å². The van der Waals surface area contributed by atoms with Gasteiger partial charge in [0, 0.05) is 12.1 Å². The third-order valence-electron chi connectivity index (χ3n) is 5.59. The van der Waals surface area contributed by atoms with Crippen LogP contribution in [-0.4, -0.2) is 68.9 Å². The standard InChI is InChI=1S/C28H40N2O8/c1-8-37-26(32)22(29-17-19-14-15-21(34-5)25(36-7)24(19)35-6)23(31)20(16-18-12-10-9-11-13-18)30-27(33)38-28(2,3)4/h9-15,20,22-23,29,31H,8,16-17H2,1-7H3,(H,30,33)/t20-,22+,23+/m0/s1. The minimum absolute atomic E-state index is 0.117. The number of benzene rings is 2. The van der Waals surface area contributed by atoms with Crippen molar-refractivity contribution in [2.75, 3.05) is 27.9 Å². The van der Waals surface area contributed by atoms with Gasteiger partial charge in [-0.25, -0.2) is 4.79 Å². The van der Waals surface area contributed by atoms with Crippen LogP contribution in [0.2, 0.25) is 0 Å². The maximum Gasteiger partial charge on any atom is 0.407 e. The second kappa shape index (κ2) is 14.4. The van der Waals surface area contributed by atoms with Gasteiger partial charge in [0.2, 0.25) is 5.75 Å². The Morgan fingerprint density at radius 1 is 0.947 bits per heavy atom. The molecule has 2 aromatic rings. The second-order valence-corrected chi connectivity index (χ2v) is 9.54. The number of amides is 1. The van der Waals surface area contributed by atoms with Gasteiger partial charge in [-0.3, -0.25) is 10.1 Å². The summed E-state index contributed by atoms with van der Waals surface area (Å²) in [5, 5.41) is 17.3.